The first-order chi connectivity index (χ1) is 13.9. The average Bonchev–Trinajstić information content (AvgIpc) is 2.73. The lowest BCUT2D eigenvalue weighted by atomic mass is 9.86. The van der Waals surface area contributed by atoms with E-state index in [4.69, 9.17) is 10.3 Å². The lowest BCUT2D eigenvalue weighted by Gasteiger charge is -2.44. The predicted octanol–water partition coefficient (Wildman–Crippen LogP) is 4.06. The summed E-state index contributed by atoms with van der Waals surface area (Å²) in [4.78, 5) is 31.4. The molecule has 2 unspecified atom stereocenters. The van der Waals surface area contributed by atoms with Crippen molar-refractivity contribution in [3.8, 4) is 0 Å². The van der Waals surface area contributed by atoms with Gasteiger partial charge in [-0.25, -0.2) is 0 Å². The Labute approximate surface area is 171 Å². The topological polar surface area (TPSA) is 98.6 Å². The van der Waals surface area contributed by atoms with E-state index in [1.807, 2.05) is 20.2 Å². The van der Waals surface area contributed by atoms with E-state index in [1.54, 1.807) is 36.1 Å². The van der Waals surface area contributed by atoms with Gasteiger partial charge in [0.15, 0.2) is 0 Å². The van der Waals surface area contributed by atoms with Gasteiger partial charge in [0.05, 0.1) is 0 Å². The minimum Gasteiger partial charge on any atom is -0.462 e. The van der Waals surface area contributed by atoms with E-state index in [0.29, 0.717) is 30.6 Å². The van der Waals surface area contributed by atoms with Crippen molar-refractivity contribution in [2.24, 2.45) is 5.11 Å². The summed E-state index contributed by atoms with van der Waals surface area (Å²) in [6.07, 6.45) is 4.19. The third-order valence-corrected chi connectivity index (χ3v) is 5.40. The van der Waals surface area contributed by atoms with Crippen molar-refractivity contribution in [2.75, 3.05) is 20.6 Å². The first-order valence-electron chi connectivity index (χ1n) is 9.84. The molecule has 0 saturated heterocycles. The number of amides is 1. The van der Waals surface area contributed by atoms with Gasteiger partial charge in [-0.05, 0) is 37.6 Å². The van der Waals surface area contributed by atoms with Gasteiger partial charge in [0.2, 0.25) is 0 Å². The van der Waals surface area contributed by atoms with Crippen molar-refractivity contribution in [3.63, 3.8) is 0 Å². The summed E-state index contributed by atoms with van der Waals surface area (Å²) in [6, 6.07) is 6.63. The SMILES string of the molecule is C=CCN(C)C1C[C@@H](OC(=O)CC)CCC1N(C)C(=O)c1ccc(N=[N+]=[N-])cc1. The van der Waals surface area contributed by atoms with Crippen molar-refractivity contribution in [1.29, 1.82) is 0 Å². The van der Waals surface area contributed by atoms with Crippen molar-refractivity contribution in [1.82, 2.24) is 9.80 Å². The fourth-order valence-corrected chi connectivity index (χ4v) is 3.81. The minimum atomic E-state index is -0.192. The Bertz CT molecular complexity index is 773. The Kier molecular flexibility index (Phi) is 8.24. The molecule has 0 aromatic heterocycles. The molecule has 0 aliphatic heterocycles. The predicted molar refractivity (Wildman–Crippen MR) is 112 cm³/mol. The lowest BCUT2D eigenvalue weighted by molar-refractivity contribution is -0.152. The molecule has 0 bridgehead atoms. The van der Waals surface area contributed by atoms with Gasteiger partial charge in [0.25, 0.3) is 5.91 Å². The van der Waals surface area contributed by atoms with Crippen LogP contribution in [0.3, 0.4) is 0 Å². The van der Waals surface area contributed by atoms with Crippen LogP contribution < -0.4 is 0 Å². The maximum Gasteiger partial charge on any atom is 0.305 e. The van der Waals surface area contributed by atoms with Crippen LogP contribution in [-0.2, 0) is 9.53 Å². The van der Waals surface area contributed by atoms with Crippen LogP contribution in [0.1, 0.15) is 43.0 Å². The maximum absolute atomic E-state index is 13.0. The highest BCUT2D eigenvalue weighted by molar-refractivity contribution is 5.94. The Hall–Kier alpha value is -2.83. The van der Waals surface area contributed by atoms with E-state index >= 15 is 0 Å². The van der Waals surface area contributed by atoms with Crippen LogP contribution in [0, 0.1) is 0 Å². The lowest BCUT2D eigenvalue weighted by Crippen LogP contribution is -2.55. The molecule has 1 aromatic rings. The van der Waals surface area contributed by atoms with Crippen molar-refractivity contribution in [2.45, 2.75) is 50.8 Å². The number of azide groups is 1. The Morgan fingerprint density at radius 2 is 1.97 bits per heavy atom. The number of esters is 1. The van der Waals surface area contributed by atoms with E-state index in [0.717, 1.165) is 12.8 Å². The summed E-state index contributed by atoms with van der Waals surface area (Å²) in [6.45, 7) is 6.28. The zero-order valence-electron chi connectivity index (χ0n) is 17.3. The van der Waals surface area contributed by atoms with Gasteiger partial charge in [0.1, 0.15) is 6.10 Å². The highest BCUT2D eigenvalue weighted by Gasteiger charge is 2.38. The average molecular weight is 399 g/mol. The van der Waals surface area contributed by atoms with E-state index < -0.39 is 0 Å². The molecular weight excluding hydrogens is 370 g/mol. The van der Waals surface area contributed by atoms with Gasteiger partial charge in [-0.1, -0.05) is 30.2 Å². The molecule has 1 aromatic carbocycles. The fourth-order valence-electron chi connectivity index (χ4n) is 3.81. The molecule has 8 heteroatoms. The van der Waals surface area contributed by atoms with Gasteiger partial charge in [-0.3, -0.25) is 14.5 Å². The van der Waals surface area contributed by atoms with Gasteiger partial charge in [0, 0.05) is 54.7 Å². The van der Waals surface area contributed by atoms with Crippen LogP contribution in [0.4, 0.5) is 5.69 Å². The molecule has 0 heterocycles. The second-order valence-corrected chi connectivity index (χ2v) is 7.29. The van der Waals surface area contributed by atoms with Crippen molar-refractivity contribution < 1.29 is 14.3 Å². The molecule has 2 rings (SSSR count). The Morgan fingerprint density at radius 1 is 1.28 bits per heavy atom. The zero-order chi connectivity index (χ0) is 21.4. The fraction of sp³-hybridized carbons (Fsp3) is 0.524. The number of ether oxygens (including phenoxy) is 1. The molecule has 1 aliphatic carbocycles. The molecule has 0 radical (unpaired) electrons. The molecule has 8 nitrogen and oxygen atoms in total. The van der Waals surface area contributed by atoms with Crippen LogP contribution in [0.15, 0.2) is 42.0 Å². The van der Waals surface area contributed by atoms with Gasteiger partial charge >= 0.3 is 5.97 Å². The zero-order valence-corrected chi connectivity index (χ0v) is 17.3. The number of carbonyl (C=O) groups excluding carboxylic acids is 2. The maximum atomic E-state index is 13.0. The molecule has 156 valence electrons. The van der Waals surface area contributed by atoms with Crippen LogP contribution >= 0.6 is 0 Å². The summed E-state index contributed by atoms with van der Waals surface area (Å²) in [5.74, 6) is -0.286. The highest BCUT2D eigenvalue weighted by atomic mass is 16.5. The number of rotatable bonds is 8. The number of benzene rings is 1. The number of nitrogens with zero attached hydrogens (tertiary/aromatic N) is 5. The Morgan fingerprint density at radius 3 is 2.55 bits per heavy atom. The quantitative estimate of drug-likeness (QED) is 0.216. The smallest absolute Gasteiger partial charge is 0.305 e. The number of likely N-dealkylation sites (N-methyl/N-ethyl adjacent to an activating group) is 2. The molecule has 1 saturated carbocycles. The third-order valence-electron chi connectivity index (χ3n) is 5.40. The van der Waals surface area contributed by atoms with E-state index in [9.17, 15) is 9.59 Å². The van der Waals surface area contributed by atoms with E-state index in [-0.39, 0.29) is 30.1 Å². The molecule has 1 amide bonds. The number of hydrogen-bond acceptors (Lipinski definition) is 5. The van der Waals surface area contributed by atoms with Gasteiger partial charge in [-0.15, -0.1) is 6.58 Å². The standard InChI is InChI=1S/C21H29N5O3/c1-5-13-25(3)19-14-17(29-20(27)6-2)11-12-18(19)26(4)21(28)15-7-9-16(10-8-15)23-24-22/h5,7-10,17-19H,1,6,11-14H2,2-4H3/t17-,18?,19?/m0/s1. The largest absolute Gasteiger partial charge is 0.462 e. The molecule has 29 heavy (non-hydrogen) atoms. The van der Waals surface area contributed by atoms with Crippen LogP contribution in [0.5, 0.6) is 0 Å². The first-order valence-corrected chi connectivity index (χ1v) is 9.84. The van der Waals surface area contributed by atoms with Crippen molar-refractivity contribution in [3.05, 3.63) is 52.9 Å². The number of hydrogen-bond donors (Lipinski definition) is 0. The third kappa shape index (κ3) is 5.82. The normalized spacial score (nSPS) is 21.2. The second kappa shape index (κ2) is 10.6. The monoisotopic (exact) mass is 399 g/mol. The molecule has 0 spiro atoms. The minimum absolute atomic E-state index is 0.0131. The summed E-state index contributed by atoms with van der Waals surface area (Å²) in [5, 5.41) is 3.53. The summed E-state index contributed by atoms with van der Waals surface area (Å²) in [5.41, 5.74) is 9.52. The van der Waals surface area contributed by atoms with E-state index in [2.05, 4.69) is 21.5 Å². The van der Waals surface area contributed by atoms with Gasteiger partial charge in [-0.2, -0.15) is 0 Å². The van der Waals surface area contributed by atoms with Gasteiger partial charge < -0.3 is 9.64 Å². The molecule has 3 atom stereocenters. The van der Waals surface area contributed by atoms with Crippen molar-refractivity contribution >= 4 is 17.6 Å². The first kappa shape index (κ1) is 22.5. The van der Waals surface area contributed by atoms with E-state index in [1.165, 1.54) is 0 Å². The summed E-state index contributed by atoms with van der Waals surface area (Å²) < 4.78 is 5.57. The summed E-state index contributed by atoms with van der Waals surface area (Å²) >= 11 is 0. The highest BCUT2D eigenvalue weighted by Crippen LogP contribution is 2.29. The Balaban J connectivity index is 2.17. The van der Waals surface area contributed by atoms with Crippen LogP contribution in [-0.4, -0.2) is 60.5 Å². The molecule has 1 fully saturated rings. The number of carbonyl (C=O) groups is 2. The molecule has 1 aliphatic rings. The molecule has 0 N–H and O–H groups in total. The van der Waals surface area contributed by atoms with Crippen LogP contribution in [0.2, 0.25) is 0 Å². The second-order valence-electron chi connectivity index (χ2n) is 7.29. The van der Waals surface area contributed by atoms with Crippen LogP contribution in [0.25, 0.3) is 10.4 Å². The summed E-state index contributed by atoms with van der Waals surface area (Å²) in [7, 11) is 3.80. The molecular formula is C21H29N5O3.